The number of nitrogens with two attached hydrogens (primary N) is 1. The fourth-order valence-electron chi connectivity index (χ4n) is 1.48. The van der Waals surface area contributed by atoms with Crippen molar-refractivity contribution in [1.82, 2.24) is 15.0 Å². The van der Waals surface area contributed by atoms with Crippen molar-refractivity contribution in [3.8, 4) is 16.3 Å². The van der Waals surface area contributed by atoms with Crippen molar-refractivity contribution in [3.63, 3.8) is 0 Å². The van der Waals surface area contributed by atoms with Crippen molar-refractivity contribution in [1.29, 1.82) is 0 Å². The van der Waals surface area contributed by atoms with E-state index in [0.717, 1.165) is 15.4 Å². The minimum atomic E-state index is 0.0580. The molecule has 0 amide bonds. The monoisotopic (exact) mass is 244 g/mol. The lowest BCUT2D eigenvalue weighted by Gasteiger charge is -2.00. The summed E-state index contributed by atoms with van der Waals surface area (Å²) in [5.74, 6) is 0.0580. The van der Waals surface area contributed by atoms with Gasteiger partial charge < -0.3 is 10.8 Å². The molecule has 2 aromatic heterocycles. The normalized spacial score (nSPS) is 10.8. The highest BCUT2D eigenvalue weighted by atomic mass is 32.1. The summed E-state index contributed by atoms with van der Waals surface area (Å²) in [4.78, 5) is 13.4. The van der Waals surface area contributed by atoms with Crippen molar-refractivity contribution >= 4 is 27.5 Å². The average Bonchev–Trinajstić information content (AvgIpc) is 2.76. The maximum absolute atomic E-state index is 9.56. The number of nitrogens with zero attached hydrogens (tertiary/aromatic N) is 3. The van der Waals surface area contributed by atoms with Gasteiger partial charge in [-0.05, 0) is 18.2 Å². The summed E-state index contributed by atoms with van der Waals surface area (Å²) in [5, 5.41) is 10.3. The number of aromatic nitrogens is 3. The molecule has 5 nitrogen and oxygen atoms in total. The Hall–Kier alpha value is -2.21. The van der Waals surface area contributed by atoms with Gasteiger partial charge in [0.05, 0.1) is 5.69 Å². The Morgan fingerprint density at radius 1 is 1.18 bits per heavy atom. The minimum Gasteiger partial charge on any atom is -0.506 e. The number of hydrogen-bond donors (Lipinski definition) is 2. The largest absolute Gasteiger partial charge is 0.506 e. The molecule has 3 aromatic rings. The number of anilines is 1. The van der Waals surface area contributed by atoms with Crippen LogP contribution in [0, 0.1) is 0 Å². The zero-order valence-electron chi connectivity index (χ0n) is 8.66. The first kappa shape index (κ1) is 9.98. The molecule has 0 unspecified atom stereocenters. The second-order valence-corrected chi connectivity index (χ2v) is 4.46. The molecule has 0 saturated heterocycles. The van der Waals surface area contributed by atoms with Gasteiger partial charge in [0.25, 0.3) is 0 Å². The second kappa shape index (κ2) is 3.67. The summed E-state index contributed by atoms with van der Waals surface area (Å²) in [5.41, 5.74) is 7.32. The summed E-state index contributed by atoms with van der Waals surface area (Å²) in [7, 11) is 0. The number of nitrogen functional groups attached to an aromatic ring is 1. The van der Waals surface area contributed by atoms with E-state index in [1.54, 1.807) is 24.5 Å². The average molecular weight is 244 g/mol. The standard InChI is InChI=1S/C11H8N4OS/c12-7-2-1-6(5-8(7)16)10-15-9-11(17-10)14-4-3-13-9/h1-5,16H,12H2. The first-order valence-electron chi connectivity index (χ1n) is 4.90. The van der Waals surface area contributed by atoms with Crippen LogP contribution in [0.15, 0.2) is 30.6 Å². The number of hydrogen-bond acceptors (Lipinski definition) is 6. The van der Waals surface area contributed by atoms with Crippen LogP contribution in [0.3, 0.4) is 0 Å². The van der Waals surface area contributed by atoms with E-state index in [9.17, 15) is 5.11 Å². The van der Waals surface area contributed by atoms with Gasteiger partial charge in [0.1, 0.15) is 10.8 Å². The topological polar surface area (TPSA) is 84.9 Å². The Balaban J connectivity index is 2.17. The van der Waals surface area contributed by atoms with E-state index in [2.05, 4.69) is 15.0 Å². The quantitative estimate of drug-likeness (QED) is 0.505. The maximum atomic E-state index is 9.56. The SMILES string of the molecule is Nc1ccc(-c2nc3nccnc3s2)cc1O. The lowest BCUT2D eigenvalue weighted by atomic mass is 10.2. The summed E-state index contributed by atoms with van der Waals surface area (Å²) >= 11 is 1.43. The van der Waals surface area contributed by atoms with Gasteiger partial charge in [-0.2, -0.15) is 0 Å². The Kier molecular flexibility index (Phi) is 2.15. The van der Waals surface area contributed by atoms with Crippen molar-refractivity contribution in [2.75, 3.05) is 5.73 Å². The lowest BCUT2D eigenvalue weighted by Crippen LogP contribution is -1.85. The number of thiazole rings is 1. The molecule has 1 aromatic carbocycles. The van der Waals surface area contributed by atoms with Crippen molar-refractivity contribution in [3.05, 3.63) is 30.6 Å². The van der Waals surface area contributed by atoms with E-state index in [4.69, 9.17) is 5.73 Å². The van der Waals surface area contributed by atoms with E-state index < -0.39 is 0 Å². The Morgan fingerprint density at radius 2 is 2.00 bits per heavy atom. The van der Waals surface area contributed by atoms with E-state index in [-0.39, 0.29) is 5.75 Å². The first-order chi connectivity index (χ1) is 8.24. The van der Waals surface area contributed by atoms with Crippen LogP contribution in [-0.2, 0) is 0 Å². The smallest absolute Gasteiger partial charge is 0.190 e. The lowest BCUT2D eigenvalue weighted by molar-refractivity contribution is 0.478. The zero-order valence-corrected chi connectivity index (χ0v) is 9.48. The zero-order chi connectivity index (χ0) is 11.8. The first-order valence-corrected chi connectivity index (χ1v) is 5.72. The van der Waals surface area contributed by atoms with Crippen LogP contribution in [0.25, 0.3) is 21.0 Å². The molecule has 0 aliphatic carbocycles. The predicted molar refractivity (Wildman–Crippen MR) is 66.7 cm³/mol. The van der Waals surface area contributed by atoms with Crippen LogP contribution in [-0.4, -0.2) is 20.1 Å². The molecule has 84 valence electrons. The minimum absolute atomic E-state index is 0.0580. The molecular weight excluding hydrogens is 236 g/mol. The highest BCUT2D eigenvalue weighted by Gasteiger charge is 2.09. The molecular formula is C11H8N4OS. The second-order valence-electron chi connectivity index (χ2n) is 3.48. The van der Waals surface area contributed by atoms with E-state index in [1.807, 2.05) is 6.07 Å². The van der Waals surface area contributed by atoms with Crippen LogP contribution in [0.4, 0.5) is 5.69 Å². The van der Waals surface area contributed by atoms with Gasteiger partial charge in [-0.15, -0.1) is 0 Å². The van der Waals surface area contributed by atoms with Crippen LogP contribution in [0.5, 0.6) is 5.75 Å². The highest BCUT2D eigenvalue weighted by molar-refractivity contribution is 7.21. The van der Waals surface area contributed by atoms with Gasteiger partial charge in [0.2, 0.25) is 0 Å². The fraction of sp³-hybridized carbons (Fsp3) is 0. The number of phenols is 1. The third kappa shape index (κ3) is 1.68. The number of fused-ring (bicyclic) bond motifs is 1. The molecule has 6 heteroatoms. The fourth-order valence-corrected chi connectivity index (χ4v) is 2.34. The van der Waals surface area contributed by atoms with Gasteiger partial charge >= 0.3 is 0 Å². The Labute approximate surface area is 101 Å². The summed E-state index contributed by atoms with van der Waals surface area (Å²) in [6.07, 6.45) is 3.23. The third-order valence-corrected chi connectivity index (χ3v) is 3.33. The number of aromatic hydroxyl groups is 1. The molecule has 0 fully saturated rings. The molecule has 0 spiro atoms. The van der Waals surface area contributed by atoms with Gasteiger partial charge in [-0.3, -0.25) is 0 Å². The molecule has 0 atom stereocenters. The molecule has 0 saturated carbocycles. The highest BCUT2D eigenvalue weighted by Crippen LogP contribution is 2.31. The Bertz CT molecular complexity index is 662. The van der Waals surface area contributed by atoms with Crippen molar-refractivity contribution in [2.24, 2.45) is 0 Å². The predicted octanol–water partition coefficient (Wildman–Crippen LogP) is 2.04. The number of phenolic OH excluding ortho intramolecular Hbond substituents is 1. The third-order valence-electron chi connectivity index (χ3n) is 2.32. The summed E-state index contributed by atoms with van der Waals surface area (Å²) in [6, 6.07) is 5.05. The van der Waals surface area contributed by atoms with Crippen molar-refractivity contribution in [2.45, 2.75) is 0 Å². The summed E-state index contributed by atoms with van der Waals surface area (Å²) in [6.45, 7) is 0. The van der Waals surface area contributed by atoms with E-state index in [0.29, 0.717) is 11.3 Å². The molecule has 2 heterocycles. The van der Waals surface area contributed by atoms with Gasteiger partial charge in [-0.25, -0.2) is 15.0 Å². The molecule has 0 aliphatic rings. The molecule has 0 aliphatic heterocycles. The van der Waals surface area contributed by atoms with Crippen LogP contribution < -0.4 is 5.73 Å². The Morgan fingerprint density at radius 3 is 2.76 bits per heavy atom. The van der Waals surface area contributed by atoms with Crippen LogP contribution in [0.2, 0.25) is 0 Å². The van der Waals surface area contributed by atoms with Gasteiger partial charge in [0, 0.05) is 18.0 Å². The molecule has 3 rings (SSSR count). The van der Waals surface area contributed by atoms with Crippen LogP contribution in [0.1, 0.15) is 0 Å². The molecule has 0 radical (unpaired) electrons. The van der Waals surface area contributed by atoms with Gasteiger partial charge in [0.15, 0.2) is 10.5 Å². The number of benzene rings is 1. The molecule has 3 N–H and O–H groups in total. The molecule has 0 bridgehead atoms. The van der Waals surface area contributed by atoms with Crippen LogP contribution >= 0.6 is 11.3 Å². The van der Waals surface area contributed by atoms with Crippen molar-refractivity contribution < 1.29 is 5.11 Å². The maximum Gasteiger partial charge on any atom is 0.190 e. The summed E-state index contributed by atoms with van der Waals surface area (Å²) < 4.78 is 0. The van der Waals surface area contributed by atoms with Gasteiger partial charge in [-0.1, -0.05) is 11.3 Å². The van der Waals surface area contributed by atoms with E-state index in [1.165, 1.54) is 11.3 Å². The number of rotatable bonds is 1. The molecule has 17 heavy (non-hydrogen) atoms. The van der Waals surface area contributed by atoms with E-state index >= 15 is 0 Å².